The number of nitrogens with zero attached hydrogens (tertiary/aromatic N) is 1. The smallest absolute Gasteiger partial charge is 0.229 e. The maximum Gasteiger partial charge on any atom is 0.229 e. The van der Waals surface area contributed by atoms with Crippen LogP contribution in [0.15, 0.2) is 34.9 Å². The summed E-state index contributed by atoms with van der Waals surface area (Å²) < 4.78 is 15.7. The monoisotopic (exact) mass is 262 g/mol. The van der Waals surface area contributed by atoms with Gasteiger partial charge in [-0.25, -0.2) is 4.98 Å². The first-order valence-electron chi connectivity index (χ1n) is 6.12. The van der Waals surface area contributed by atoms with E-state index in [1.165, 1.54) is 0 Å². The van der Waals surface area contributed by atoms with Gasteiger partial charge in [-0.05, 0) is 12.1 Å². The van der Waals surface area contributed by atoms with E-state index < -0.39 is 0 Å². The molecule has 0 aliphatic carbocycles. The molecule has 5 heteroatoms. The summed E-state index contributed by atoms with van der Waals surface area (Å²) >= 11 is 0. The van der Waals surface area contributed by atoms with Crippen LogP contribution in [0.3, 0.4) is 0 Å². The summed E-state index contributed by atoms with van der Waals surface area (Å²) in [6.07, 6.45) is 1.65. The predicted molar refractivity (Wildman–Crippen MR) is 72.1 cm³/mol. The fourth-order valence-corrected chi connectivity index (χ4v) is 1.72. The molecule has 2 aromatic rings. The normalized spacial score (nSPS) is 10.6. The summed E-state index contributed by atoms with van der Waals surface area (Å²) in [4.78, 5) is 4.44. The number of benzene rings is 1. The van der Waals surface area contributed by atoms with Crippen molar-refractivity contribution >= 4 is 0 Å². The molecule has 0 saturated heterocycles. The highest BCUT2D eigenvalue weighted by atomic mass is 16.5. The van der Waals surface area contributed by atoms with E-state index in [0.717, 1.165) is 23.6 Å². The Balaban J connectivity index is 2.04. The second-order valence-electron chi connectivity index (χ2n) is 4.01. The van der Waals surface area contributed by atoms with Crippen LogP contribution in [0.1, 0.15) is 5.69 Å². The van der Waals surface area contributed by atoms with Gasteiger partial charge in [0.05, 0.1) is 25.0 Å². The molecule has 0 saturated carbocycles. The molecule has 1 N–H and O–H groups in total. The number of oxazole rings is 1. The quantitative estimate of drug-likeness (QED) is 0.774. The molecular formula is C14H18N2O3. The fraction of sp³-hybridized carbons (Fsp3) is 0.357. The van der Waals surface area contributed by atoms with E-state index in [4.69, 9.17) is 13.9 Å². The molecular weight excluding hydrogens is 244 g/mol. The maximum absolute atomic E-state index is 5.49. The van der Waals surface area contributed by atoms with Crippen LogP contribution in [-0.2, 0) is 11.3 Å². The zero-order valence-electron chi connectivity index (χ0n) is 11.2. The van der Waals surface area contributed by atoms with E-state index in [0.29, 0.717) is 19.0 Å². The molecule has 19 heavy (non-hydrogen) atoms. The van der Waals surface area contributed by atoms with Crippen molar-refractivity contribution in [1.29, 1.82) is 0 Å². The molecule has 0 aliphatic rings. The van der Waals surface area contributed by atoms with Gasteiger partial charge >= 0.3 is 0 Å². The van der Waals surface area contributed by atoms with Gasteiger partial charge in [0.2, 0.25) is 5.89 Å². The fourth-order valence-electron chi connectivity index (χ4n) is 1.72. The lowest BCUT2D eigenvalue weighted by Crippen LogP contribution is -2.18. The van der Waals surface area contributed by atoms with Gasteiger partial charge in [-0.2, -0.15) is 0 Å². The minimum absolute atomic E-state index is 0.570. The van der Waals surface area contributed by atoms with Crippen LogP contribution in [0.25, 0.3) is 11.5 Å². The number of aromatic nitrogens is 1. The van der Waals surface area contributed by atoms with Crippen LogP contribution < -0.4 is 10.1 Å². The van der Waals surface area contributed by atoms with Crippen LogP contribution in [-0.4, -0.2) is 32.4 Å². The average Bonchev–Trinajstić information content (AvgIpc) is 2.92. The molecule has 0 bridgehead atoms. The Hall–Kier alpha value is -1.85. The van der Waals surface area contributed by atoms with Gasteiger partial charge in [0, 0.05) is 20.2 Å². The average molecular weight is 262 g/mol. The van der Waals surface area contributed by atoms with E-state index in [1.54, 1.807) is 20.5 Å². The summed E-state index contributed by atoms with van der Waals surface area (Å²) in [6.45, 7) is 2.12. The van der Waals surface area contributed by atoms with Gasteiger partial charge in [-0.15, -0.1) is 0 Å². The lowest BCUT2D eigenvalue weighted by molar-refractivity contribution is 0.199. The van der Waals surface area contributed by atoms with Crippen molar-refractivity contribution in [1.82, 2.24) is 10.3 Å². The van der Waals surface area contributed by atoms with E-state index >= 15 is 0 Å². The third kappa shape index (κ3) is 3.56. The van der Waals surface area contributed by atoms with Crippen molar-refractivity contribution in [3.63, 3.8) is 0 Å². The van der Waals surface area contributed by atoms with Crippen molar-refractivity contribution in [2.45, 2.75) is 6.54 Å². The van der Waals surface area contributed by atoms with Crippen LogP contribution in [0.5, 0.6) is 5.75 Å². The molecule has 1 heterocycles. The van der Waals surface area contributed by atoms with Crippen molar-refractivity contribution in [2.75, 3.05) is 27.4 Å². The lowest BCUT2D eigenvalue weighted by atomic mass is 10.2. The second kappa shape index (κ2) is 6.92. The van der Waals surface area contributed by atoms with Crippen molar-refractivity contribution in [2.24, 2.45) is 0 Å². The van der Waals surface area contributed by atoms with Gasteiger partial charge in [-0.1, -0.05) is 12.1 Å². The molecule has 0 aliphatic heterocycles. The van der Waals surface area contributed by atoms with Crippen molar-refractivity contribution < 1.29 is 13.9 Å². The van der Waals surface area contributed by atoms with Gasteiger partial charge in [-0.3, -0.25) is 0 Å². The van der Waals surface area contributed by atoms with Crippen LogP contribution in [0.4, 0.5) is 0 Å². The Bertz CT molecular complexity index is 511. The number of hydrogen-bond acceptors (Lipinski definition) is 5. The Kier molecular flexibility index (Phi) is 4.94. The molecule has 0 atom stereocenters. The number of hydrogen-bond donors (Lipinski definition) is 1. The molecule has 0 amide bonds. The molecule has 0 radical (unpaired) electrons. The molecule has 0 fully saturated rings. The molecule has 2 rings (SSSR count). The Morgan fingerprint density at radius 2 is 2.11 bits per heavy atom. The topological polar surface area (TPSA) is 56.5 Å². The van der Waals surface area contributed by atoms with Gasteiger partial charge in [0.15, 0.2) is 0 Å². The number of nitrogens with one attached hydrogen (secondary N) is 1. The minimum atomic E-state index is 0.570. The van der Waals surface area contributed by atoms with Crippen molar-refractivity contribution in [3.05, 3.63) is 36.2 Å². The Labute approximate surface area is 112 Å². The van der Waals surface area contributed by atoms with Crippen LogP contribution in [0.2, 0.25) is 0 Å². The zero-order valence-corrected chi connectivity index (χ0v) is 11.2. The molecule has 5 nitrogen and oxygen atoms in total. The number of para-hydroxylation sites is 1. The van der Waals surface area contributed by atoms with Gasteiger partial charge in [0.1, 0.15) is 12.0 Å². The maximum atomic E-state index is 5.49. The van der Waals surface area contributed by atoms with Gasteiger partial charge in [0.25, 0.3) is 0 Å². The minimum Gasteiger partial charge on any atom is -0.496 e. The SMILES string of the molecule is COCCNCc1coc(-c2ccccc2OC)n1. The number of rotatable bonds is 7. The summed E-state index contributed by atoms with van der Waals surface area (Å²) in [5, 5.41) is 3.22. The van der Waals surface area contributed by atoms with E-state index in [1.807, 2.05) is 24.3 Å². The summed E-state index contributed by atoms with van der Waals surface area (Å²) in [7, 11) is 3.31. The molecule has 102 valence electrons. The van der Waals surface area contributed by atoms with Gasteiger partial charge < -0.3 is 19.2 Å². The van der Waals surface area contributed by atoms with Crippen molar-refractivity contribution in [3.8, 4) is 17.2 Å². The first kappa shape index (κ1) is 13.6. The lowest BCUT2D eigenvalue weighted by Gasteiger charge is -2.03. The third-order valence-corrected chi connectivity index (χ3v) is 2.68. The Morgan fingerprint density at radius 3 is 2.89 bits per heavy atom. The number of ether oxygens (including phenoxy) is 2. The summed E-state index contributed by atoms with van der Waals surface area (Å²) in [5.74, 6) is 1.32. The number of methoxy groups -OCH3 is 2. The largest absolute Gasteiger partial charge is 0.496 e. The van der Waals surface area contributed by atoms with Crippen LogP contribution >= 0.6 is 0 Å². The first-order chi connectivity index (χ1) is 9.35. The van der Waals surface area contributed by atoms with E-state index in [-0.39, 0.29) is 0 Å². The Morgan fingerprint density at radius 1 is 1.26 bits per heavy atom. The standard InChI is InChI=1S/C14H18N2O3/c1-17-8-7-15-9-11-10-19-14(16-11)12-5-3-4-6-13(12)18-2/h3-6,10,15H,7-9H2,1-2H3. The molecule has 0 spiro atoms. The highest BCUT2D eigenvalue weighted by Gasteiger charge is 2.11. The summed E-state index contributed by atoms with van der Waals surface area (Å²) in [5.41, 5.74) is 1.71. The van der Waals surface area contributed by atoms with E-state index in [9.17, 15) is 0 Å². The van der Waals surface area contributed by atoms with Crippen LogP contribution in [0, 0.1) is 0 Å². The summed E-state index contributed by atoms with van der Waals surface area (Å²) in [6, 6.07) is 7.65. The first-order valence-corrected chi connectivity index (χ1v) is 6.12. The zero-order chi connectivity index (χ0) is 13.5. The van der Waals surface area contributed by atoms with E-state index in [2.05, 4.69) is 10.3 Å². The third-order valence-electron chi connectivity index (χ3n) is 2.68. The molecule has 1 aromatic heterocycles. The molecule has 0 unspecified atom stereocenters. The highest BCUT2D eigenvalue weighted by molar-refractivity contribution is 5.62. The predicted octanol–water partition coefficient (Wildman–Crippen LogP) is 2.09. The highest BCUT2D eigenvalue weighted by Crippen LogP contribution is 2.28. The second-order valence-corrected chi connectivity index (χ2v) is 4.01. The molecule has 1 aromatic carbocycles.